The Labute approximate surface area is 398 Å². The van der Waals surface area contributed by atoms with E-state index in [0.717, 1.165) is 54.2 Å². The maximum Gasteiger partial charge on any atom is 0.363 e. The number of unbranched alkanes of at least 4 members (excludes halogenated alkanes) is 2. The smallest absolute Gasteiger partial charge is 0.363 e. The Balaban J connectivity index is 1.12. The predicted molar refractivity (Wildman–Crippen MR) is 258 cm³/mol. The number of ether oxygens (including phenoxy) is 2. The van der Waals surface area contributed by atoms with Crippen LogP contribution in [-0.2, 0) is 52.5 Å². The van der Waals surface area contributed by atoms with E-state index < -0.39 is 37.3 Å². The minimum atomic E-state index is -4.00. The van der Waals surface area contributed by atoms with Crippen molar-refractivity contribution in [2.75, 3.05) is 39.6 Å². The Morgan fingerprint density at radius 1 is 0.824 bits per heavy atom. The van der Waals surface area contributed by atoms with Crippen LogP contribution in [0.4, 0.5) is 0 Å². The minimum Gasteiger partial charge on any atom is -0.494 e. The first-order chi connectivity index (χ1) is 33.0. The van der Waals surface area contributed by atoms with Gasteiger partial charge in [0.15, 0.2) is 5.76 Å². The van der Waals surface area contributed by atoms with Gasteiger partial charge in [0.2, 0.25) is 12.3 Å². The summed E-state index contributed by atoms with van der Waals surface area (Å²) >= 11 is 0. The third kappa shape index (κ3) is 14.5. The Morgan fingerprint density at radius 3 is 2.13 bits per heavy atom. The van der Waals surface area contributed by atoms with Crippen LogP contribution in [-0.4, -0.2) is 79.8 Å². The SMILES string of the molecule is CCCCCC(C(=O)NCNC(=O)c1ccc(-c2cc(OCC)cc(P(=O)(OCc3ccccc3)OCc3ccccc3)c2)o1)[C@@H](CC)N(C=O)OC(=O)c1ccc(CN2CCOCC2)cc1C. The van der Waals surface area contributed by atoms with Crippen molar-refractivity contribution in [3.63, 3.8) is 0 Å². The molecule has 2 N–H and O–H groups in total. The number of hydrogen-bond donors (Lipinski definition) is 2. The Hall–Kier alpha value is -6.09. The monoisotopic (exact) mass is 950 g/mol. The van der Waals surface area contributed by atoms with E-state index in [0.29, 0.717) is 67.9 Å². The van der Waals surface area contributed by atoms with E-state index >= 15 is 0 Å². The molecule has 68 heavy (non-hydrogen) atoms. The predicted octanol–water partition coefficient (Wildman–Crippen LogP) is 8.75. The lowest BCUT2D eigenvalue weighted by atomic mass is 9.90. The first kappa shape index (κ1) is 51.3. The van der Waals surface area contributed by atoms with Gasteiger partial charge in [-0.25, -0.2) is 4.79 Å². The minimum absolute atomic E-state index is 0.0231. The second-order valence-electron chi connectivity index (χ2n) is 16.5. The molecule has 1 aliphatic heterocycles. The fourth-order valence-corrected chi connectivity index (χ4v) is 9.56. The molecule has 2 atom stereocenters. The van der Waals surface area contributed by atoms with E-state index in [4.69, 9.17) is 27.8 Å². The zero-order valence-corrected chi connectivity index (χ0v) is 40.3. The number of rotatable bonds is 26. The highest BCUT2D eigenvalue weighted by atomic mass is 31.2. The topological polar surface area (TPSA) is 175 Å². The molecule has 362 valence electrons. The van der Waals surface area contributed by atoms with E-state index in [9.17, 15) is 23.7 Å². The summed E-state index contributed by atoms with van der Waals surface area (Å²) in [7, 11) is -4.00. The van der Waals surface area contributed by atoms with Crippen LogP contribution in [0.25, 0.3) is 11.3 Å². The van der Waals surface area contributed by atoms with Gasteiger partial charge in [0.1, 0.15) is 11.5 Å². The van der Waals surface area contributed by atoms with Crippen molar-refractivity contribution in [3.8, 4) is 17.1 Å². The van der Waals surface area contributed by atoms with Crippen LogP contribution in [0.5, 0.6) is 5.75 Å². The number of nitrogens with zero attached hydrogens (tertiary/aromatic N) is 2. The maximum absolute atomic E-state index is 14.7. The first-order valence-corrected chi connectivity index (χ1v) is 24.8. The van der Waals surface area contributed by atoms with Gasteiger partial charge in [0.05, 0.1) is 62.5 Å². The molecule has 2 heterocycles. The number of hydroxylamine groups is 2. The molecular formula is C52H63N4O11P. The highest BCUT2D eigenvalue weighted by molar-refractivity contribution is 7.62. The summed E-state index contributed by atoms with van der Waals surface area (Å²) < 4.78 is 44.3. The molecule has 4 aromatic carbocycles. The number of carbonyl (C=O) groups is 4. The summed E-state index contributed by atoms with van der Waals surface area (Å²) in [5.41, 5.74) is 4.15. The molecule has 16 heteroatoms. The summed E-state index contributed by atoms with van der Waals surface area (Å²) in [6.07, 6.45) is 3.61. The van der Waals surface area contributed by atoms with Gasteiger partial charge in [-0.1, -0.05) is 106 Å². The van der Waals surface area contributed by atoms with Crippen molar-refractivity contribution in [3.05, 3.63) is 143 Å². The maximum atomic E-state index is 14.7. The van der Waals surface area contributed by atoms with E-state index in [1.807, 2.05) is 100 Å². The fraction of sp³-hybridized carbons (Fsp3) is 0.385. The zero-order chi connectivity index (χ0) is 48.3. The molecule has 3 amide bonds. The van der Waals surface area contributed by atoms with Crippen LogP contribution < -0.4 is 20.7 Å². The molecule has 0 saturated carbocycles. The normalized spacial score (nSPS) is 13.8. The number of nitrogens with one attached hydrogen (secondary N) is 2. The van der Waals surface area contributed by atoms with Gasteiger partial charge in [0.25, 0.3) is 5.91 Å². The Bertz CT molecular complexity index is 2410. The number of furan rings is 1. The van der Waals surface area contributed by atoms with Gasteiger partial charge in [0, 0.05) is 25.2 Å². The highest BCUT2D eigenvalue weighted by Gasteiger charge is 2.34. The highest BCUT2D eigenvalue weighted by Crippen LogP contribution is 2.50. The largest absolute Gasteiger partial charge is 0.494 e. The van der Waals surface area contributed by atoms with E-state index in [2.05, 4.69) is 15.5 Å². The van der Waals surface area contributed by atoms with Crippen molar-refractivity contribution < 1.29 is 51.5 Å². The number of carbonyl (C=O) groups excluding carboxylic acids is 4. The standard InChI is InChI=1S/C52H63N4O11P/c1-5-8-11-20-46(47(6-2)56(37-57)67-52(60)45-22-21-41(29-38(45)4)33-55-25-27-62-28-26-55)50(58)53-36-54-51(59)49-24-23-48(66-49)42-30-43(63-7-3)32-44(31-42)68(61,64-34-39-16-12-9-13-17-39)65-35-40-18-14-10-15-19-40/h9-10,12-19,21-24,29-32,37,46-47H,5-8,11,20,25-28,33-36H2,1-4H3,(H,53,58)(H,54,59)/t46?,47-/m1/s1. The summed E-state index contributed by atoms with van der Waals surface area (Å²) in [4.78, 5) is 61.4. The van der Waals surface area contributed by atoms with Crippen molar-refractivity contribution in [2.45, 2.75) is 85.6 Å². The van der Waals surface area contributed by atoms with E-state index in [-0.39, 0.29) is 36.7 Å². The molecule has 1 saturated heterocycles. The van der Waals surface area contributed by atoms with Crippen LogP contribution in [0.1, 0.15) is 96.0 Å². The molecule has 1 fully saturated rings. The van der Waals surface area contributed by atoms with Crippen LogP contribution in [0, 0.1) is 12.8 Å². The molecule has 0 aliphatic carbocycles. The molecule has 5 aromatic rings. The zero-order valence-electron chi connectivity index (χ0n) is 39.4. The van der Waals surface area contributed by atoms with Crippen LogP contribution >= 0.6 is 7.60 Å². The van der Waals surface area contributed by atoms with Gasteiger partial charge >= 0.3 is 13.6 Å². The summed E-state index contributed by atoms with van der Waals surface area (Å²) in [5.74, 6) is -1.86. The number of amides is 3. The van der Waals surface area contributed by atoms with Crippen LogP contribution in [0.3, 0.4) is 0 Å². The van der Waals surface area contributed by atoms with Gasteiger partial charge in [-0.3, -0.25) is 23.8 Å². The summed E-state index contributed by atoms with van der Waals surface area (Å²) in [6.45, 7) is 11.4. The van der Waals surface area contributed by atoms with Gasteiger partial charge in [-0.05, 0) is 85.3 Å². The molecule has 0 bridgehead atoms. The number of benzene rings is 4. The quantitative estimate of drug-likeness (QED) is 0.0178. The molecule has 1 aliphatic rings. The first-order valence-electron chi connectivity index (χ1n) is 23.3. The molecule has 0 spiro atoms. The van der Waals surface area contributed by atoms with Crippen molar-refractivity contribution in [2.24, 2.45) is 5.92 Å². The molecular weight excluding hydrogens is 888 g/mol. The number of hydrogen-bond acceptors (Lipinski definition) is 12. The second-order valence-corrected chi connectivity index (χ2v) is 18.5. The lowest BCUT2D eigenvalue weighted by Crippen LogP contribution is -2.49. The van der Waals surface area contributed by atoms with Gasteiger partial charge < -0.3 is 38.4 Å². The fourth-order valence-electron chi connectivity index (χ4n) is 7.97. The molecule has 1 unspecified atom stereocenters. The summed E-state index contributed by atoms with van der Waals surface area (Å²) in [6, 6.07) is 31.5. The molecule has 15 nitrogen and oxygen atoms in total. The average Bonchev–Trinajstić information content (AvgIpc) is 3.86. The van der Waals surface area contributed by atoms with Gasteiger partial charge in [-0.15, -0.1) is 0 Å². The van der Waals surface area contributed by atoms with Crippen molar-refractivity contribution >= 4 is 37.1 Å². The Kier molecular flexibility index (Phi) is 19.5. The molecule has 0 radical (unpaired) electrons. The number of morpholine rings is 1. The number of aryl methyl sites for hydroxylation is 1. The van der Waals surface area contributed by atoms with Crippen LogP contribution in [0.15, 0.2) is 114 Å². The lowest BCUT2D eigenvalue weighted by Gasteiger charge is -2.32. The van der Waals surface area contributed by atoms with E-state index in [1.54, 1.807) is 30.3 Å². The lowest BCUT2D eigenvalue weighted by molar-refractivity contribution is -0.171. The van der Waals surface area contributed by atoms with Gasteiger partial charge in [-0.2, -0.15) is 5.06 Å². The average molecular weight is 951 g/mol. The third-order valence-corrected chi connectivity index (χ3v) is 13.4. The molecule has 1 aromatic heterocycles. The Morgan fingerprint density at radius 2 is 1.51 bits per heavy atom. The van der Waals surface area contributed by atoms with E-state index in [1.165, 1.54) is 6.07 Å². The van der Waals surface area contributed by atoms with Crippen molar-refractivity contribution in [1.29, 1.82) is 0 Å². The van der Waals surface area contributed by atoms with Crippen LogP contribution in [0.2, 0.25) is 0 Å². The summed E-state index contributed by atoms with van der Waals surface area (Å²) in [5, 5.41) is 6.65. The van der Waals surface area contributed by atoms with Crippen molar-refractivity contribution in [1.82, 2.24) is 20.6 Å². The molecule has 6 rings (SSSR count). The third-order valence-electron chi connectivity index (χ3n) is 11.6. The second kappa shape index (κ2) is 25.9.